The molecular formula is C12H16N4O. The summed E-state index contributed by atoms with van der Waals surface area (Å²) < 4.78 is 1.97. The zero-order valence-electron chi connectivity index (χ0n) is 9.89. The van der Waals surface area contributed by atoms with Gasteiger partial charge in [0.1, 0.15) is 0 Å². The summed E-state index contributed by atoms with van der Waals surface area (Å²) in [4.78, 5) is 18.6. The molecule has 5 nitrogen and oxygen atoms in total. The lowest BCUT2D eigenvalue weighted by Gasteiger charge is -2.27. The molecule has 1 unspecified atom stereocenters. The highest BCUT2D eigenvalue weighted by atomic mass is 16.2. The number of amides is 1. The molecule has 3 heterocycles. The maximum absolute atomic E-state index is 12.4. The van der Waals surface area contributed by atoms with Crippen molar-refractivity contribution >= 4 is 5.91 Å². The summed E-state index contributed by atoms with van der Waals surface area (Å²) in [6.07, 6.45) is 5.87. The average Bonchev–Trinajstić information content (AvgIpc) is 2.98. The summed E-state index contributed by atoms with van der Waals surface area (Å²) >= 11 is 0. The van der Waals surface area contributed by atoms with Crippen molar-refractivity contribution in [3.8, 4) is 0 Å². The number of aromatic nitrogens is 2. The summed E-state index contributed by atoms with van der Waals surface area (Å²) in [5.74, 6) is 0.109. The molecule has 1 aromatic heterocycles. The van der Waals surface area contributed by atoms with E-state index in [9.17, 15) is 4.79 Å². The minimum atomic E-state index is -0.0915. The van der Waals surface area contributed by atoms with Gasteiger partial charge in [0.15, 0.2) is 0 Å². The number of nitrogens with zero attached hydrogens (tertiary/aromatic N) is 3. The Morgan fingerprint density at radius 1 is 1.47 bits per heavy atom. The van der Waals surface area contributed by atoms with Gasteiger partial charge in [-0.3, -0.25) is 4.79 Å². The van der Waals surface area contributed by atoms with Crippen LogP contribution >= 0.6 is 0 Å². The average molecular weight is 232 g/mol. The molecule has 0 aromatic carbocycles. The first-order valence-corrected chi connectivity index (χ1v) is 5.92. The van der Waals surface area contributed by atoms with Gasteiger partial charge in [-0.1, -0.05) is 12.2 Å². The van der Waals surface area contributed by atoms with Crippen molar-refractivity contribution in [2.75, 3.05) is 19.6 Å². The van der Waals surface area contributed by atoms with Crippen LogP contribution in [-0.2, 0) is 18.4 Å². The van der Waals surface area contributed by atoms with Gasteiger partial charge in [-0.25, -0.2) is 4.98 Å². The van der Waals surface area contributed by atoms with Crippen LogP contribution in [-0.4, -0.2) is 40.0 Å². The predicted octanol–water partition coefficient (Wildman–Crippen LogP) is 0.00530. The normalized spacial score (nSPS) is 22.9. The second-order valence-electron chi connectivity index (χ2n) is 4.59. The molecule has 0 spiro atoms. The molecule has 17 heavy (non-hydrogen) atoms. The third-order valence-electron chi connectivity index (χ3n) is 3.46. The number of aryl methyl sites for hydroxylation is 1. The zero-order chi connectivity index (χ0) is 11.8. The fraction of sp³-hybridized carbons (Fsp3) is 0.500. The molecular weight excluding hydrogens is 216 g/mol. The molecule has 0 aliphatic carbocycles. The summed E-state index contributed by atoms with van der Waals surface area (Å²) in [5.41, 5.74) is 2.07. The lowest BCUT2D eigenvalue weighted by atomic mass is 9.98. The van der Waals surface area contributed by atoms with E-state index in [1.54, 1.807) is 6.33 Å². The number of hydrogen-bond donors (Lipinski definition) is 1. The van der Waals surface area contributed by atoms with Gasteiger partial charge in [-0.15, -0.1) is 0 Å². The van der Waals surface area contributed by atoms with Crippen molar-refractivity contribution in [3.05, 3.63) is 29.9 Å². The Bertz CT molecular complexity index is 469. The highest BCUT2D eigenvalue weighted by molar-refractivity contribution is 5.84. The fourth-order valence-corrected chi connectivity index (χ4v) is 2.59. The number of imidazole rings is 1. The number of rotatable bonds is 1. The van der Waals surface area contributed by atoms with E-state index in [0.717, 1.165) is 31.0 Å². The molecule has 0 radical (unpaired) electrons. The molecule has 2 aliphatic rings. The molecule has 2 aliphatic heterocycles. The van der Waals surface area contributed by atoms with Gasteiger partial charge in [0, 0.05) is 33.2 Å². The van der Waals surface area contributed by atoms with Crippen molar-refractivity contribution in [2.24, 2.45) is 7.05 Å². The summed E-state index contributed by atoms with van der Waals surface area (Å²) in [6, 6.07) is 0. The van der Waals surface area contributed by atoms with Crippen molar-refractivity contribution in [1.82, 2.24) is 19.8 Å². The third kappa shape index (κ3) is 1.67. The van der Waals surface area contributed by atoms with E-state index in [4.69, 9.17) is 0 Å². The minimum Gasteiger partial charge on any atom is -0.337 e. The SMILES string of the molecule is Cn1cnc2c1C(C(=O)N1CC=CC1)CNC2. The summed E-state index contributed by atoms with van der Waals surface area (Å²) in [5, 5.41) is 3.26. The Kier molecular flexibility index (Phi) is 2.48. The van der Waals surface area contributed by atoms with E-state index in [2.05, 4.69) is 10.3 Å². The van der Waals surface area contributed by atoms with Crippen molar-refractivity contribution in [1.29, 1.82) is 0 Å². The van der Waals surface area contributed by atoms with Crippen LogP contribution in [0.3, 0.4) is 0 Å². The van der Waals surface area contributed by atoms with Gasteiger partial charge in [0.2, 0.25) is 5.91 Å². The van der Waals surface area contributed by atoms with Gasteiger partial charge in [-0.2, -0.15) is 0 Å². The highest BCUT2D eigenvalue weighted by Crippen LogP contribution is 2.25. The first-order chi connectivity index (χ1) is 8.27. The second-order valence-corrected chi connectivity index (χ2v) is 4.59. The smallest absolute Gasteiger partial charge is 0.233 e. The molecule has 1 amide bonds. The van der Waals surface area contributed by atoms with Crippen molar-refractivity contribution in [3.63, 3.8) is 0 Å². The Balaban J connectivity index is 1.89. The van der Waals surface area contributed by atoms with Crippen molar-refractivity contribution < 1.29 is 4.79 Å². The van der Waals surface area contributed by atoms with E-state index in [1.165, 1.54) is 0 Å². The highest BCUT2D eigenvalue weighted by Gasteiger charge is 2.32. The first kappa shape index (κ1) is 10.5. The van der Waals surface area contributed by atoms with Crippen LogP contribution in [0.15, 0.2) is 18.5 Å². The van der Waals surface area contributed by atoms with Gasteiger partial charge in [0.25, 0.3) is 0 Å². The Labute approximate surface area is 100 Å². The topological polar surface area (TPSA) is 50.2 Å². The van der Waals surface area contributed by atoms with Gasteiger partial charge >= 0.3 is 0 Å². The van der Waals surface area contributed by atoms with Crippen molar-refractivity contribution in [2.45, 2.75) is 12.5 Å². The lowest BCUT2D eigenvalue weighted by Crippen LogP contribution is -2.41. The minimum absolute atomic E-state index is 0.0915. The molecule has 3 rings (SSSR count). The maximum Gasteiger partial charge on any atom is 0.233 e. The molecule has 90 valence electrons. The Hall–Kier alpha value is -1.62. The van der Waals surface area contributed by atoms with E-state index < -0.39 is 0 Å². The summed E-state index contributed by atoms with van der Waals surface area (Å²) in [6.45, 7) is 2.95. The molecule has 0 fully saturated rings. The number of carbonyl (C=O) groups is 1. The fourth-order valence-electron chi connectivity index (χ4n) is 2.59. The van der Waals surface area contributed by atoms with Crippen LogP contribution in [0.1, 0.15) is 17.3 Å². The lowest BCUT2D eigenvalue weighted by molar-refractivity contribution is -0.131. The summed E-state index contributed by atoms with van der Waals surface area (Å²) in [7, 11) is 1.96. The van der Waals surface area contributed by atoms with Crippen LogP contribution in [0.5, 0.6) is 0 Å². The predicted molar refractivity (Wildman–Crippen MR) is 63.4 cm³/mol. The molecule has 0 saturated heterocycles. The largest absolute Gasteiger partial charge is 0.337 e. The quantitative estimate of drug-likeness (QED) is 0.694. The van der Waals surface area contributed by atoms with E-state index in [-0.39, 0.29) is 11.8 Å². The van der Waals surface area contributed by atoms with E-state index in [1.807, 2.05) is 28.7 Å². The van der Waals surface area contributed by atoms with Gasteiger partial charge in [-0.05, 0) is 0 Å². The van der Waals surface area contributed by atoms with E-state index in [0.29, 0.717) is 6.54 Å². The first-order valence-electron chi connectivity index (χ1n) is 5.92. The second kappa shape index (κ2) is 4.00. The molecule has 0 saturated carbocycles. The zero-order valence-corrected chi connectivity index (χ0v) is 9.89. The van der Waals surface area contributed by atoms with E-state index >= 15 is 0 Å². The van der Waals surface area contributed by atoms with Crippen LogP contribution in [0.4, 0.5) is 0 Å². The van der Waals surface area contributed by atoms with Gasteiger partial charge in [0.05, 0.1) is 23.6 Å². The van der Waals surface area contributed by atoms with Crippen LogP contribution in [0, 0.1) is 0 Å². The molecule has 1 N–H and O–H groups in total. The molecule has 1 aromatic rings. The number of carbonyl (C=O) groups excluding carboxylic acids is 1. The monoisotopic (exact) mass is 232 g/mol. The third-order valence-corrected chi connectivity index (χ3v) is 3.46. The Morgan fingerprint density at radius 3 is 3.00 bits per heavy atom. The number of fused-ring (bicyclic) bond motifs is 1. The standard InChI is InChI=1S/C12H16N4O/c1-15-8-14-10-7-13-6-9(11(10)15)12(17)16-4-2-3-5-16/h2-3,8-9,13H,4-7H2,1H3. The number of hydrogen-bond acceptors (Lipinski definition) is 3. The molecule has 1 atom stereocenters. The van der Waals surface area contributed by atoms with Crippen LogP contribution in [0.2, 0.25) is 0 Å². The Morgan fingerprint density at radius 2 is 2.24 bits per heavy atom. The maximum atomic E-state index is 12.4. The number of nitrogens with one attached hydrogen (secondary N) is 1. The molecule has 5 heteroatoms. The molecule has 0 bridgehead atoms. The van der Waals surface area contributed by atoms with Crippen LogP contribution in [0.25, 0.3) is 0 Å². The van der Waals surface area contributed by atoms with Crippen LogP contribution < -0.4 is 5.32 Å². The van der Waals surface area contributed by atoms with Gasteiger partial charge < -0.3 is 14.8 Å².